The van der Waals surface area contributed by atoms with Crippen LogP contribution >= 0.6 is 0 Å². The van der Waals surface area contributed by atoms with E-state index in [9.17, 15) is 0 Å². The molecular weight excluding hydrogens is 242 g/mol. The van der Waals surface area contributed by atoms with Crippen LogP contribution in [0.3, 0.4) is 0 Å². The Hall–Kier alpha value is -2.24. The highest BCUT2D eigenvalue weighted by Gasteiger charge is 2.22. The van der Waals surface area contributed by atoms with E-state index in [1.54, 1.807) is 6.26 Å². The van der Waals surface area contributed by atoms with E-state index in [0.717, 1.165) is 29.2 Å². The maximum atomic E-state index is 6.07. The maximum Gasteiger partial charge on any atom is 0.203 e. The molecule has 0 aromatic carbocycles. The number of anilines is 1. The zero-order valence-electron chi connectivity index (χ0n) is 11.3. The van der Waals surface area contributed by atoms with Gasteiger partial charge in [-0.3, -0.25) is 4.57 Å². The third kappa shape index (κ3) is 1.63. The molecule has 6 heteroatoms. The fraction of sp³-hybridized carbons (Fsp3) is 0.385. The highest BCUT2D eigenvalue weighted by Crippen LogP contribution is 2.28. The van der Waals surface area contributed by atoms with Gasteiger partial charge in [0.1, 0.15) is 11.3 Å². The largest absolute Gasteiger partial charge is 0.467 e. The van der Waals surface area contributed by atoms with Crippen molar-refractivity contribution in [2.75, 3.05) is 5.73 Å². The quantitative estimate of drug-likeness (QED) is 0.783. The monoisotopic (exact) mass is 259 g/mol. The number of hydrogen-bond donors (Lipinski definition) is 1. The van der Waals surface area contributed by atoms with Crippen molar-refractivity contribution in [2.45, 2.75) is 33.4 Å². The molecule has 3 heterocycles. The van der Waals surface area contributed by atoms with Crippen molar-refractivity contribution >= 4 is 17.1 Å². The standard InChI is InChI=1S/C13H17N5O/c1-4-17-12-11(8(2)16-17)15-13(14)18(12)9(3)10-6-5-7-19-10/h5-7,9H,4H2,1-3H3,(H2,14,15). The van der Waals surface area contributed by atoms with Gasteiger partial charge in [-0.1, -0.05) is 0 Å². The van der Waals surface area contributed by atoms with Gasteiger partial charge in [-0.2, -0.15) is 5.10 Å². The molecule has 0 saturated heterocycles. The molecule has 0 spiro atoms. The van der Waals surface area contributed by atoms with Crippen LogP contribution in [-0.4, -0.2) is 19.3 Å². The number of nitrogens with two attached hydrogens (primary N) is 1. The van der Waals surface area contributed by atoms with Crippen LogP contribution in [0.15, 0.2) is 22.8 Å². The van der Waals surface area contributed by atoms with E-state index < -0.39 is 0 Å². The first-order valence-electron chi connectivity index (χ1n) is 6.37. The number of aromatic nitrogens is 4. The zero-order valence-corrected chi connectivity index (χ0v) is 11.3. The van der Waals surface area contributed by atoms with Crippen molar-refractivity contribution in [3.8, 4) is 0 Å². The number of rotatable bonds is 3. The maximum absolute atomic E-state index is 6.07. The highest BCUT2D eigenvalue weighted by atomic mass is 16.3. The van der Waals surface area contributed by atoms with E-state index in [2.05, 4.69) is 17.0 Å². The smallest absolute Gasteiger partial charge is 0.203 e. The molecule has 0 amide bonds. The molecule has 100 valence electrons. The summed E-state index contributed by atoms with van der Waals surface area (Å²) in [7, 11) is 0. The van der Waals surface area contributed by atoms with Crippen molar-refractivity contribution in [3.05, 3.63) is 29.9 Å². The number of hydrogen-bond acceptors (Lipinski definition) is 4. The summed E-state index contributed by atoms with van der Waals surface area (Å²) in [6.45, 7) is 6.82. The molecular formula is C13H17N5O. The molecule has 0 aliphatic rings. The lowest BCUT2D eigenvalue weighted by atomic mass is 10.2. The first kappa shape index (κ1) is 11.8. The second kappa shape index (κ2) is 4.15. The van der Waals surface area contributed by atoms with Crippen molar-refractivity contribution in [3.63, 3.8) is 0 Å². The molecule has 0 radical (unpaired) electrons. The lowest BCUT2D eigenvalue weighted by molar-refractivity contribution is 0.449. The molecule has 2 N–H and O–H groups in total. The summed E-state index contributed by atoms with van der Waals surface area (Å²) >= 11 is 0. The highest BCUT2D eigenvalue weighted by molar-refractivity contribution is 5.78. The van der Waals surface area contributed by atoms with Gasteiger partial charge in [0, 0.05) is 6.54 Å². The topological polar surface area (TPSA) is 74.8 Å². The number of nitrogen functional groups attached to an aromatic ring is 1. The van der Waals surface area contributed by atoms with E-state index in [1.165, 1.54) is 0 Å². The Kier molecular flexibility index (Phi) is 2.58. The molecule has 6 nitrogen and oxygen atoms in total. The summed E-state index contributed by atoms with van der Waals surface area (Å²) in [5, 5.41) is 4.48. The Morgan fingerprint density at radius 1 is 1.47 bits per heavy atom. The second-order valence-corrected chi connectivity index (χ2v) is 4.60. The van der Waals surface area contributed by atoms with Crippen LogP contribution in [0.1, 0.15) is 31.3 Å². The van der Waals surface area contributed by atoms with Crippen LogP contribution in [0.4, 0.5) is 5.95 Å². The molecule has 0 fully saturated rings. The lowest BCUT2D eigenvalue weighted by Gasteiger charge is -2.14. The molecule has 0 saturated carbocycles. The second-order valence-electron chi connectivity index (χ2n) is 4.60. The van der Waals surface area contributed by atoms with Crippen molar-refractivity contribution < 1.29 is 4.42 Å². The number of furan rings is 1. The molecule has 0 bridgehead atoms. The first-order valence-corrected chi connectivity index (χ1v) is 6.37. The lowest BCUT2D eigenvalue weighted by Crippen LogP contribution is -2.12. The number of aryl methyl sites for hydroxylation is 2. The Morgan fingerprint density at radius 2 is 2.26 bits per heavy atom. The summed E-state index contributed by atoms with van der Waals surface area (Å²) in [5.41, 5.74) is 8.77. The Balaban J connectivity index is 2.25. The molecule has 19 heavy (non-hydrogen) atoms. The van der Waals surface area contributed by atoms with Crippen LogP contribution < -0.4 is 5.73 Å². The molecule has 1 atom stereocenters. The van der Waals surface area contributed by atoms with E-state index in [-0.39, 0.29) is 6.04 Å². The van der Waals surface area contributed by atoms with Gasteiger partial charge in [-0.05, 0) is 32.9 Å². The Morgan fingerprint density at radius 3 is 2.89 bits per heavy atom. The van der Waals surface area contributed by atoms with E-state index in [4.69, 9.17) is 10.2 Å². The first-order chi connectivity index (χ1) is 9.13. The third-order valence-electron chi connectivity index (χ3n) is 3.41. The van der Waals surface area contributed by atoms with Gasteiger partial charge in [0.15, 0.2) is 5.65 Å². The minimum absolute atomic E-state index is 0.0126. The number of fused-ring (bicyclic) bond motifs is 1. The van der Waals surface area contributed by atoms with E-state index in [0.29, 0.717) is 5.95 Å². The molecule has 3 rings (SSSR count). The predicted octanol–water partition coefficient (Wildman–Crippen LogP) is 2.35. The van der Waals surface area contributed by atoms with Crippen molar-refractivity contribution in [1.82, 2.24) is 19.3 Å². The van der Waals surface area contributed by atoms with E-state index >= 15 is 0 Å². The number of imidazole rings is 1. The van der Waals surface area contributed by atoms with Crippen LogP contribution in [-0.2, 0) is 6.54 Å². The molecule has 3 aromatic rings. The Bertz CT molecular complexity index is 707. The fourth-order valence-electron chi connectivity index (χ4n) is 2.46. The fourth-order valence-corrected chi connectivity index (χ4v) is 2.46. The Labute approximate surface area is 110 Å². The van der Waals surface area contributed by atoms with Crippen LogP contribution in [0.5, 0.6) is 0 Å². The van der Waals surface area contributed by atoms with Gasteiger partial charge in [-0.25, -0.2) is 9.67 Å². The molecule has 1 unspecified atom stereocenters. The van der Waals surface area contributed by atoms with Crippen LogP contribution in [0.25, 0.3) is 11.2 Å². The van der Waals surface area contributed by atoms with Crippen molar-refractivity contribution in [2.24, 2.45) is 0 Å². The third-order valence-corrected chi connectivity index (χ3v) is 3.41. The van der Waals surface area contributed by atoms with Gasteiger partial charge in [0.05, 0.1) is 18.0 Å². The summed E-state index contributed by atoms with van der Waals surface area (Å²) in [4.78, 5) is 4.43. The average molecular weight is 259 g/mol. The predicted molar refractivity (Wildman–Crippen MR) is 72.9 cm³/mol. The summed E-state index contributed by atoms with van der Waals surface area (Å²) in [6.07, 6.45) is 1.67. The number of nitrogens with zero attached hydrogens (tertiary/aromatic N) is 4. The SMILES string of the molecule is CCn1nc(C)c2nc(N)n(C(C)c3ccco3)c21. The summed E-state index contributed by atoms with van der Waals surface area (Å²) in [6, 6.07) is 3.80. The van der Waals surface area contributed by atoms with Gasteiger partial charge in [0.2, 0.25) is 5.95 Å². The summed E-state index contributed by atoms with van der Waals surface area (Å²) in [5.74, 6) is 1.34. The van der Waals surface area contributed by atoms with Gasteiger partial charge >= 0.3 is 0 Å². The van der Waals surface area contributed by atoms with Crippen LogP contribution in [0, 0.1) is 6.92 Å². The average Bonchev–Trinajstić information content (AvgIpc) is 3.06. The minimum Gasteiger partial charge on any atom is -0.467 e. The summed E-state index contributed by atoms with van der Waals surface area (Å²) < 4.78 is 9.36. The van der Waals surface area contributed by atoms with E-state index in [1.807, 2.05) is 35.2 Å². The molecule has 0 aliphatic heterocycles. The van der Waals surface area contributed by atoms with Gasteiger partial charge < -0.3 is 10.2 Å². The minimum atomic E-state index is -0.0126. The van der Waals surface area contributed by atoms with Gasteiger partial charge in [-0.15, -0.1) is 0 Å². The molecule has 0 aliphatic carbocycles. The molecule has 3 aromatic heterocycles. The van der Waals surface area contributed by atoms with Gasteiger partial charge in [0.25, 0.3) is 0 Å². The zero-order chi connectivity index (χ0) is 13.6. The normalized spacial score (nSPS) is 13.2. The van der Waals surface area contributed by atoms with Crippen LogP contribution in [0.2, 0.25) is 0 Å². The van der Waals surface area contributed by atoms with Crippen molar-refractivity contribution in [1.29, 1.82) is 0 Å².